The van der Waals surface area contributed by atoms with Crippen molar-refractivity contribution in [3.05, 3.63) is 94.5 Å². The van der Waals surface area contributed by atoms with Crippen LogP contribution in [0.3, 0.4) is 0 Å². The lowest BCUT2D eigenvalue weighted by molar-refractivity contribution is 0.0279. The van der Waals surface area contributed by atoms with Gasteiger partial charge in [-0.3, -0.25) is 19.4 Å². The van der Waals surface area contributed by atoms with Crippen molar-refractivity contribution in [2.75, 3.05) is 33.0 Å². The molecule has 0 radical (unpaired) electrons. The second kappa shape index (κ2) is 8.63. The van der Waals surface area contributed by atoms with E-state index in [1.54, 1.807) is 0 Å². The minimum Gasteiger partial charge on any atom is -0.454 e. The van der Waals surface area contributed by atoms with Gasteiger partial charge in [-0.05, 0) is 35.2 Å². The van der Waals surface area contributed by atoms with Crippen molar-refractivity contribution in [3.8, 4) is 11.5 Å². The molecule has 2 heterocycles. The summed E-state index contributed by atoms with van der Waals surface area (Å²) >= 11 is 0. The van der Waals surface area contributed by atoms with Gasteiger partial charge >= 0.3 is 0 Å². The van der Waals surface area contributed by atoms with Gasteiger partial charge in [0.1, 0.15) is 0 Å². The molecule has 178 valence electrons. The molecule has 0 bridgehead atoms. The Balaban J connectivity index is 1.30. The van der Waals surface area contributed by atoms with Gasteiger partial charge < -0.3 is 9.47 Å². The smallest absolute Gasteiger partial charge is 0.231 e. The van der Waals surface area contributed by atoms with Crippen LogP contribution in [0.4, 0.5) is 0 Å². The van der Waals surface area contributed by atoms with E-state index in [2.05, 4.69) is 15.9 Å². The van der Waals surface area contributed by atoms with Crippen molar-refractivity contribution < 1.29 is 19.1 Å². The van der Waals surface area contributed by atoms with E-state index in [-0.39, 0.29) is 18.4 Å². The third-order valence-corrected chi connectivity index (χ3v) is 7.54. The maximum atomic E-state index is 14.2. The zero-order valence-electron chi connectivity index (χ0n) is 19.8. The number of carbonyl (C=O) groups is 2. The van der Waals surface area contributed by atoms with Crippen LogP contribution in [0.2, 0.25) is 0 Å². The lowest BCUT2D eigenvalue weighted by atomic mass is 9.82. The normalized spacial score (nSPS) is 22.0. The van der Waals surface area contributed by atoms with Gasteiger partial charge in [-0.1, -0.05) is 61.5 Å². The fourth-order valence-corrected chi connectivity index (χ4v) is 5.78. The molecular formula is C29H28N2O4. The molecule has 35 heavy (non-hydrogen) atoms. The zero-order valence-corrected chi connectivity index (χ0v) is 19.8. The lowest BCUT2D eigenvalue weighted by Gasteiger charge is -2.44. The van der Waals surface area contributed by atoms with Crippen LogP contribution in [0.15, 0.2) is 66.7 Å². The molecule has 6 rings (SSSR count). The Labute approximate surface area is 205 Å². The van der Waals surface area contributed by atoms with Gasteiger partial charge in [-0.15, -0.1) is 0 Å². The molecule has 3 aliphatic rings. The molecule has 0 N–H and O–H groups in total. The van der Waals surface area contributed by atoms with Crippen molar-refractivity contribution in [1.82, 2.24) is 9.80 Å². The van der Waals surface area contributed by atoms with E-state index in [4.69, 9.17) is 9.47 Å². The molecule has 1 atom stereocenters. The van der Waals surface area contributed by atoms with E-state index in [1.807, 2.05) is 67.6 Å². The molecule has 3 aromatic carbocycles. The number of Topliss-reactive ketones (excluding diaryl/α,β-unsaturated/α-hetero) is 2. The van der Waals surface area contributed by atoms with Crippen LogP contribution < -0.4 is 9.47 Å². The van der Waals surface area contributed by atoms with Crippen LogP contribution in [0.5, 0.6) is 11.5 Å². The fourth-order valence-electron chi connectivity index (χ4n) is 5.78. The topological polar surface area (TPSA) is 59.1 Å². The predicted molar refractivity (Wildman–Crippen MR) is 132 cm³/mol. The molecule has 1 saturated heterocycles. The molecule has 6 nitrogen and oxygen atoms in total. The van der Waals surface area contributed by atoms with E-state index < -0.39 is 5.54 Å². The summed E-state index contributed by atoms with van der Waals surface area (Å²) in [6, 6.07) is 21.3. The molecule has 0 amide bonds. The Kier molecular flexibility index (Phi) is 5.43. The van der Waals surface area contributed by atoms with Crippen molar-refractivity contribution in [3.63, 3.8) is 0 Å². The molecule has 1 aliphatic carbocycles. The van der Waals surface area contributed by atoms with Crippen molar-refractivity contribution in [1.29, 1.82) is 0 Å². The Morgan fingerprint density at radius 3 is 2.37 bits per heavy atom. The van der Waals surface area contributed by atoms with Crippen molar-refractivity contribution >= 4 is 11.6 Å². The third-order valence-electron chi connectivity index (χ3n) is 7.54. The summed E-state index contributed by atoms with van der Waals surface area (Å²) in [4.78, 5) is 32.7. The summed E-state index contributed by atoms with van der Waals surface area (Å²) in [6.45, 7) is 5.87. The number of hydrogen-bond acceptors (Lipinski definition) is 6. The van der Waals surface area contributed by atoms with Gasteiger partial charge in [0, 0.05) is 43.9 Å². The second-order valence-electron chi connectivity index (χ2n) is 9.38. The molecule has 2 aliphatic heterocycles. The van der Waals surface area contributed by atoms with Gasteiger partial charge in [0.05, 0.1) is 0 Å². The highest BCUT2D eigenvalue weighted by Crippen LogP contribution is 2.44. The first kappa shape index (κ1) is 22.0. The fraction of sp³-hybridized carbons (Fsp3) is 0.310. The van der Waals surface area contributed by atoms with E-state index in [0.29, 0.717) is 24.2 Å². The van der Waals surface area contributed by atoms with Gasteiger partial charge in [0.25, 0.3) is 0 Å². The van der Waals surface area contributed by atoms with Crippen LogP contribution in [0.25, 0.3) is 0 Å². The summed E-state index contributed by atoms with van der Waals surface area (Å²) < 4.78 is 10.9. The molecular weight excluding hydrogens is 440 g/mol. The number of carbonyl (C=O) groups excluding carboxylic acids is 2. The van der Waals surface area contributed by atoms with E-state index in [0.717, 1.165) is 54.2 Å². The highest BCUT2D eigenvalue weighted by atomic mass is 16.7. The van der Waals surface area contributed by atoms with E-state index >= 15 is 0 Å². The highest BCUT2D eigenvalue weighted by Gasteiger charge is 2.58. The maximum Gasteiger partial charge on any atom is 0.231 e. The number of fused-ring (bicyclic) bond motifs is 2. The Hall–Kier alpha value is -3.48. The largest absolute Gasteiger partial charge is 0.454 e. The number of ketones is 2. The van der Waals surface area contributed by atoms with Crippen LogP contribution in [0.1, 0.15) is 44.3 Å². The van der Waals surface area contributed by atoms with Gasteiger partial charge in [0.2, 0.25) is 6.79 Å². The first-order chi connectivity index (χ1) is 17.1. The molecule has 3 aromatic rings. The number of aryl methyl sites for hydroxylation is 1. The summed E-state index contributed by atoms with van der Waals surface area (Å²) in [7, 11) is 0. The number of piperazine rings is 1. The number of hydrogen-bond donors (Lipinski definition) is 0. The van der Waals surface area contributed by atoms with Crippen LogP contribution in [0, 0.1) is 0 Å². The Morgan fingerprint density at radius 2 is 1.60 bits per heavy atom. The van der Waals surface area contributed by atoms with E-state index in [9.17, 15) is 9.59 Å². The van der Waals surface area contributed by atoms with Crippen LogP contribution >= 0.6 is 0 Å². The first-order valence-corrected chi connectivity index (χ1v) is 12.3. The number of benzene rings is 3. The molecule has 0 spiro atoms. The van der Waals surface area contributed by atoms with Crippen LogP contribution in [-0.4, -0.2) is 54.3 Å². The zero-order chi connectivity index (χ0) is 24.0. The summed E-state index contributed by atoms with van der Waals surface area (Å²) in [6.07, 6.45) is 0.719. The van der Waals surface area contributed by atoms with Gasteiger partial charge in [0.15, 0.2) is 28.6 Å². The van der Waals surface area contributed by atoms with Crippen molar-refractivity contribution in [2.24, 2.45) is 0 Å². The molecule has 0 saturated carbocycles. The highest BCUT2D eigenvalue weighted by molar-refractivity contribution is 6.33. The average molecular weight is 469 g/mol. The minimum absolute atomic E-state index is 0.0784. The van der Waals surface area contributed by atoms with E-state index in [1.165, 1.54) is 0 Å². The standard InChI is InChI=1S/C29H28N2O4/c1-2-21-7-6-10-23-26(21)28(33)29(27(23)32,22-8-4-3-5-9-22)31-15-13-30(14-16-31)18-20-11-12-24-25(17-20)35-19-34-24/h3-12,17H,2,13-16,18-19H2,1H3. The molecule has 1 fully saturated rings. The third kappa shape index (κ3) is 3.39. The second-order valence-corrected chi connectivity index (χ2v) is 9.38. The first-order valence-electron chi connectivity index (χ1n) is 12.3. The summed E-state index contributed by atoms with van der Waals surface area (Å²) in [5.74, 6) is 1.40. The SMILES string of the molecule is CCc1cccc2c1C(=O)C(c1ccccc1)(N1CCN(Cc3ccc4c(c3)OCO4)CC1)C2=O. The Bertz CT molecular complexity index is 1300. The number of rotatable bonds is 5. The van der Waals surface area contributed by atoms with Gasteiger partial charge in [-0.25, -0.2) is 0 Å². The lowest BCUT2D eigenvalue weighted by Crippen LogP contribution is -2.60. The average Bonchev–Trinajstić information content (AvgIpc) is 3.46. The van der Waals surface area contributed by atoms with Gasteiger partial charge in [-0.2, -0.15) is 0 Å². The summed E-state index contributed by atoms with van der Waals surface area (Å²) in [5.41, 5.74) is 2.73. The Morgan fingerprint density at radius 1 is 0.829 bits per heavy atom. The molecule has 0 aromatic heterocycles. The number of nitrogens with zero attached hydrogens (tertiary/aromatic N) is 2. The quantitative estimate of drug-likeness (QED) is 0.526. The summed E-state index contributed by atoms with van der Waals surface area (Å²) in [5, 5.41) is 0. The maximum absolute atomic E-state index is 14.2. The monoisotopic (exact) mass is 468 g/mol. The van der Waals surface area contributed by atoms with Crippen LogP contribution in [-0.2, 0) is 18.5 Å². The minimum atomic E-state index is -1.29. The predicted octanol–water partition coefficient (Wildman–Crippen LogP) is 4.07. The molecule has 6 heteroatoms. The number of ether oxygens (including phenoxy) is 2. The molecule has 1 unspecified atom stereocenters. The van der Waals surface area contributed by atoms with Crippen molar-refractivity contribution in [2.45, 2.75) is 25.4 Å².